The van der Waals surface area contributed by atoms with Crippen molar-refractivity contribution in [3.8, 4) is 11.5 Å². The fraction of sp³-hybridized carbons (Fsp3) is 0.118. The summed E-state index contributed by atoms with van der Waals surface area (Å²) < 4.78 is 0. The number of phenols is 2. The van der Waals surface area contributed by atoms with Crippen LogP contribution in [0.1, 0.15) is 22.0 Å². The highest BCUT2D eigenvalue weighted by Gasteiger charge is 2.26. The average molecular weight is 344 g/mol. The molecule has 0 radical (unpaired) electrons. The molecule has 4 N–H and O–H groups in total. The summed E-state index contributed by atoms with van der Waals surface area (Å²) in [6, 6.07) is 9.15. The van der Waals surface area contributed by atoms with Crippen molar-refractivity contribution in [3.63, 3.8) is 0 Å². The topological polar surface area (TPSA) is 127 Å². The monoisotopic (exact) mass is 344 g/mol. The maximum absolute atomic E-state index is 12.3. The first-order chi connectivity index (χ1) is 11.8. The highest BCUT2D eigenvalue weighted by molar-refractivity contribution is 6.04. The van der Waals surface area contributed by atoms with Gasteiger partial charge in [-0.2, -0.15) is 0 Å². The summed E-state index contributed by atoms with van der Waals surface area (Å²) in [5.41, 5.74) is 0.311. The predicted octanol–water partition coefficient (Wildman–Crippen LogP) is 1.71. The standard InChI is InChI=1S/C17H16N2O6/c1-19(15(22)11-7-8-12(20)13(21)9-11)17(25)18-14(16(23)24)10-5-3-2-4-6-10/h2-9,14,20-21H,1H3,(H,18,25)(H,23,24). The maximum Gasteiger partial charge on any atom is 0.330 e. The summed E-state index contributed by atoms with van der Waals surface area (Å²) in [6.07, 6.45) is 0. The number of carboxylic acids is 1. The second kappa shape index (κ2) is 7.35. The molecule has 0 fully saturated rings. The molecule has 0 saturated heterocycles. The Kier molecular flexibility index (Phi) is 5.23. The quantitative estimate of drug-likeness (QED) is 0.625. The van der Waals surface area contributed by atoms with Gasteiger partial charge in [-0.05, 0) is 23.8 Å². The smallest absolute Gasteiger partial charge is 0.330 e. The van der Waals surface area contributed by atoms with Gasteiger partial charge in [-0.3, -0.25) is 9.69 Å². The molecule has 0 bridgehead atoms. The van der Waals surface area contributed by atoms with Crippen molar-refractivity contribution < 1.29 is 29.7 Å². The minimum atomic E-state index is -1.32. The van der Waals surface area contributed by atoms with Crippen LogP contribution >= 0.6 is 0 Å². The van der Waals surface area contributed by atoms with E-state index < -0.39 is 35.4 Å². The summed E-state index contributed by atoms with van der Waals surface area (Å²) in [7, 11) is 1.17. The van der Waals surface area contributed by atoms with Crippen LogP contribution in [0.3, 0.4) is 0 Å². The maximum atomic E-state index is 12.3. The van der Waals surface area contributed by atoms with E-state index in [1.807, 2.05) is 0 Å². The van der Waals surface area contributed by atoms with E-state index in [9.17, 15) is 29.7 Å². The van der Waals surface area contributed by atoms with Gasteiger partial charge >= 0.3 is 12.0 Å². The second-order valence-corrected chi connectivity index (χ2v) is 5.20. The van der Waals surface area contributed by atoms with Crippen molar-refractivity contribution in [2.24, 2.45) is 0 Å². The fourth-order valence-electron chi connectivity index (χ4n) is 2.10. The minimum absolute atomic E-state index is 0.0421. The van der Waals surface area contributed by atoms with E-state index >= 15 is 0 Å². The summed E-state index contributed by atoms with van der Waals surface area (Å²) in [6.45, 7) is 0. The highest BCUT2D eigenvalue weighted by Crippen LogP contribution is 2.25. The minimum Gasteiger partial charge on any atom is -0.504 e. The van der Waals surface area contributed by atoms with E-state index in [0.717, 1.165) is 12.1 Å². The Bertz CT molecular complexity index is 806. The van der Waals surface area contributed by atoms with E-state index in [0.29, 0.717) is 10.5 Å². The normalized spacial score (nSPS) is 11.4. The number of aliphatic carboxylic acids is 1. The van der Waals surface area contributed by atoms with Crippen LogP contribution in [0.4, 0.5) is 4.79 Å². The Labute approximate surface area is 142 Å². The first-order valence-corrected chi connectivity index (χ1v) is 7.19. The molecule has 1 unspecified atom stereocenters. The van der Waals surface area contributed by atoms with Gasteiger partial charge in [0.1, 0.15) is 0 Å². The van der Waals surface area contributed by atoms with Gasteiger partial charge in [-0.25, -0.2) is 9.59 Å². The first-order valence-electron chi connectivity index (χ1n) is 7.19. The molecule has 8 nitrogen and oxygen atoms in total. The van der Waals surface area contributed by atoms with Crippen molar-refractivity contribution in [2.45, 2.75) is 6.04 Å². The molecule has 1 atom stereocenters. The Morgan fingerprint density at radius 1 is 1.00 bits per heavy atom. The number of nitrogens with zero attached hydrogens (tertiary/aromatic N) is 1. The van der Waals surface area contributed by atoms with Gasteiger partial charge in [0.15, 0.2) is 17.5 Å². The summed E-state index contributed by atoms with van der Waals surface area (Å²) in [4.78, 5) is 36.6. The van der Waals surface area contributed by atoms with E-state index in [2.05, 4.69) is 5.32 Å². The lowest BCUT2D eigenvalue weighted by Crippen LogP contribution is -2.44. The molecule has 3 amide bonds. The number of aromatic hydroxyl groups is 2. The third-order valence-corrected chi connectivity index (χ3v) is 3.48. The Morgan fingerprint density at radius 3 is 2.20 bits per heavy atom. The number of amides is 3. The Morgan fingerprint density at radius 2 is 1.64 bits per heavy atom. The summed E-state index contributed by atoms with van der Waals surface area (Å²) in [5.74, 6) is -2.96. The molecule has 0 aliphatic heterocycles. The van der Waals surface area contributed by atoms with Crippen molar-refractivity contribution in [2.75, 3.05) is 7.05 Å². The van der Waals surface area contributed by atoms with Gasteiger partial charge in [-0.1, -0.05) is 30.3 Å². The average Bonchev–Trinajstić information content (AvgIpc) is 2.61. The number of hydrogen-bond donors (Lipinski definition) is 4. The van der Waals surface area contributed by atoms with Crippen LogP contribution in [0, 0.1) is 0 Å². The van der Waals surface area contributed by atoms with E-state index in [1.54, 1.807) is 30.3 Å². The number of nitrogens with one attached hydrogen (secondary N) is 1. The zero-order valence-corrected chi connectivity index (χ0v) is 13.2. The van der Waals surface area contributed by atoms with Gasteiger partial charge < -0.3 is 20.6 Å². The number of hydrogen-bond acceptors (Lipinski definition) is 5. The summed E-state index contributed by atoms with van der Waals surface area (Å²) >= 11 is 0. The van der Waals surface area contributed by atoms with Gasteiger partial charge in [-0.15, -0.1) is 0 Å². The predicted molar refractivity (Wildman–Crippen MR) is 87.2 cm³/mol. The molecule has 0 aliphatic carbocycles. The Balaban J connectivity index is 2.16. The van der Waals surface area contributed by atoms with Crippen LogP contribution in [0.15, 0.2) is 48.5 Å². The molecule has 2 rings (SSSR count). The van der Waals surface area contributed by atoms with Crippen molar-refractivity contribution in [1.29, 1.82) is 0 Å². The van der Waals surface area contributed by atoms with E-state index in [4.69, 9.17) is 0 Å². The molecule has 2 aromatic rings. The van der Waals surface area contributed by atoms with Crippen LogP contribution in [-0.4, -0.2) is 45.2 Å². The number of carboxylic acid groups (broad SMARTS) is 1. The molecular weight excluding hydrogens is 328 g/mol. The SMILES string of the molecule is CN(C(=O)NC(C(=O)O)c1ccccc1)C(=O)c1ccc(O)c(O)c1. The third kappa shape index (κ3) is 4.05. The van der Waals surface area contributed by atoms with Crippen LogP contribution in [0.5, 0.6) is 11.5 Å². The number of rotatable bonds is 4. The molecule has 2 aromatic carbocycles. The first kappa shape index (κ1) is 17.8. The number of benzene rings is 2. The second-order valence-electron chi connectivity index (χ2n) is 5.20. The fourth-order valence-corrected chi connectivity index (χ4v) is 2.10. The van der Waals surface area contributed by atoms with Crippen molar-refractivity contribution in [1.82, 2.24) is 10.2 Å². The molecule has 0 spiro atoms. The largest absolute Gasteiger partial charge is 0.504 e. The molecule has 8 heteroatoms. The van der Waals surface area contributed by atoms with Crippen LogP contribution in [0.2, 0.25) is 0 Å². The molecule has 0 aliphatic rings. The molecule has 0 saturated carbocycles. The van der Waals surface area contributed by atoms with Gasteiger partial charge in [0.05, 0.1) is 0 Å². The van der Waals surface area contributed by atoms with E-state index in [1.165, 1.54) is 13.1 Å². The number of urea groups is 1. The zero-order chi connectivity index (χ0) is 18.6. The van der Waals surface area contributed by atoms with Crippen LogP contribution < -0.4 is 5.32 Å². The number of phenolic OH excluding ortho intramolecular Hbond substituents is 2. The van der Waals surface area contributed by atoms with Crippen molar-refractivity contribution >= 4 is 17.9 Å². The molecule has 0 aromatic heterocycles. The lowest BCUT2D eigenvalue weighted by Gasteiger charge is -2.20. The van der Waals surface area contributed by atoms with Gasteiger partial charge in [0.25, 0.3) is 5.91 Å². The van der Waals surface area contributed by atoms with Crippen LogP contribution in [-0.2, 0) is 4.79 Å². The lowest BCUT2D eigenvalue weighted by molar-refractivity contribution is -0.139. The highest BCUT2D eigenvalue weighted by atomic mass is 16.4. The summed E-state index contributed by atoms with van der Waals surface area (Å²) in [5, 5.41) is 30.3. The number of carbonyl (C=O) groups is 3. The third-order valence-electron chi connectivity index (χ3n) is 3.48. The zero-order valence-electron chi connectivity index (χ0n) is 13.2. The molecule has 25 heavy (non-hydrogen) atoms. The van der Waals surface area contributed by atoms with Gasteiger partial charge in [0.2, 0.25) is 0 Å². The molecular formula is C17H16N2O6. The number of imide groups is 1. The lowest BCUT2D eigenvalue weighted by atomic mass is 10.1. The molecule has 130 valence electrons. The Hall–Kier alpha value is -3.55. The van der Waals surface area contributed by atoms with E-state index in [-0.39, 0.29) is 5.56 Å². The van der Waals surface area contributed by atoms with Crippen LogP contribution in [0.25, 0.3) is 0 Å². The number of carbonyl (C=O) groups excluding carboxylic acids is 2. The van der Waals surface area contributed by atoms with Gasteiger partial charge in [0, 0.05) is 12.6 Å². The van der Waals surface area contributed by atoms with Crippen molar-refractivity contribution in [3.05, 3.63) is 59.7 Å². The molecule has 0 heterocycles.